The van der Waals surface area contributed by atoms with Crippen LogP contribution in [0.2, 0.25) is 0 Å². The first-order valence-electron chi connectivity index (χ1n) is 7.23. The molecule has 0 amide bonds. The molecule has 2 aliphatic rings. The van der Waals surface area contributed by atoms with E-state index in [9.17, 15) is 0 Å². The van der Waals surface area contributed by atoms with Crippen LogP contribution in [0.1, 0.15) is 17.5 Å². The molecule has 4 rings (SSSR count). The smallest absolute Gasteiger partial charge is 0.208 e. The van der Waals surface area contributed by atoms with E-state index in [4.69, 9.17) is 14.2 Å². The highest BCUT2D eigenvalue weighted by atomic mass is 16.7. The summed E-state index contributed by atoms with van der Waals surface area (Å²) < 4.78 is 18.0. The third kappa shape index (κ3) is 1.39. The molecular weight excluding hydrogens is 264 g/mol. The number of ether oxygens (including phenoxy) is 3. The zero-order chi connectivity index (χ0) is 14.5. The largest absolute Gasteiger partial charge is 0.360 e. The van der Waals surface area contributed by atoms with Crippen molar-refractivity contribution in [2.45, 2.75) is 17.8 Å². The molecule has 1 aliphatic carbocycles. The first-order chi connectivity index (χ1) is 10.3. The second-order valence-corrected chi connectivity index (χ2v) is 5.53. The molecule has 1 aliphatic heterocycles. The fourth-order valence-corrected chi connectivity index (χ4v) is 3.96. The predicted octanol–water partition coefficient (Wildman–Crippen LogP) is 3.32. The second kappa shape index (κ2) is 4.41. The molecule has 0 saturated carbocycles. The monoisotopic (exact) mass is 282 g/mol. The maximum Gasteiger partial charge on any atom is 0.208 e. The summed E-state index contributed by atoms with van der Waals surface area (Å²) >= 11 is 0. The summed E-state index contributed by atoms with van der Waals surface area (Å²) in [6.45, 7) is 0.615. The van der Waals surface area contributed by atoms with Gasteiger partial charge in [0.2, 0.25) is 5.79 Å². The summed E-state index contributed by atoms with van der Waals surface area (Å²) in [5.41, 5.74) is 3.99. The van der Waals surface area contributed by atoms with E-state index in [0.717, 1.165) is 11.1 Å². The van der Waals surface area contributed by atoms with Crippen molar-refractivity contribution in [3.05, 3.63) is 59.7 Å². The van der Waals surface area contributed by atoms with Crippen LogP contribution < -0.4 is 0 Å². The highest BCUT2D eigenvalue weighted by molar-refractivity contribution is 5.81. The highest BCUT2D eigenvalue weighted by Gasteiger charge is 2.63. The number of rotatable bonds is 2. The van der Waals surface area contributed by atoms with Gasteiger partial charge in [0.1, 0.15) is 0 Å². The molecule has 3 heteroatoms. The molecule has 21 heavy (non-hydrogen) atoms. The fourth-order valence-electron chi connectivity index (χ4n) is 3.96. The lowest BCUT2D eigenvalue weighted by Crippen LogP contribution is -2.51. The van der Waals surface area contributed by atoms with Crippen LogP contribution in [0.15, 0.2) is 48.5 Å². The Kier molecular flexibility index (Phi) is 2.73. The molecule has 0 atom stereocenters. The highest BCUT2D eigenvalue weighted by Crippen LogP contribution is 2.59. The molecule has 108 valence electrons. The standard InChI is InChI=1S/C18H18O3/c1-19-17(20-2)11-12-21-18(17)15-9-5-3-7-13(15)14-8-4-6-10-16(14)18/h3-10H,11-12H2,1-2H3. The average molecular weight is 282 g/mol. The normalized spacial score (nSPS) is 20.5. The molecule has 1 spiro atoms. The molecular formula is C18H18O3. The van der Waals surface area contributed by atoms with Crippen molar-refractivity contribution in [2.75, 3.05) is 20.8 Å². The number of benzene rings is 2. The van der Waals surface area contributed by atoms with Crippen molar-refractivity contribution in [1.29, 1.82) is 0 Å². The number of methoxy groups -OCH3 is 2. The van der Waals surface area contributed by atoms with Crippen LogP contribution >= 0.6 is 0 Å². The summed E-state index contributed by atoms with van der Waals surface area (Å²) in [5.74, 6) is -0.782. The Morgan fingerprint density at radius 2 is 1.38 bits per heavy atom. The Labute approximate surface area is 124 Å². The van der Waals surface area contributed by atoms with Gasteiger partial charge in [0.05, 0.1) is 6.61 Å². The van der Waals surface area contributed by atoms with Crippen molar-refractivity contribution in [3.8, 4) is 11.1 Å². The summed E-state index contributed by atoms with van der Waals surface area (Å²) in [7, 11) is 3.40. The Hall–Kier alpha value is -1.68. The van der Waals surface area contributed by atoms with E-state index in [-0.39, 0.29) is 0 Å². The molecule has 1 saturated heterocycles. The molecule has 0 unspecified atom stereocenters. The maximum absolute atomic E-state index is 6.30. The van der Waals surface area contributed by atoms with Gasteiger partial charge in [0.15, 0.2) is 5.60 Å². The molecule has 1 heterocycles. The van der Waals surface area contributed by atoms with Crippen molar-refractivity contribution >= 4 is 0 Å². The SMILES string of the molecule is COC1(OC)CCOC12c1ccccc1-c1ccccc12. The molecule has 1 fully saturated rings. The third-order valence-electron chi connectivity index (χ3n) is 4.85. The van der Waals surface area contributed by atoms with Crippen LogP contribution in [0, 0.1) is 0 Å². The van der Waals surface area contributed by atoms with Crippen LogP contribution in [-0.4, -0.2) is 26.6 Å². The molecule has 2 aromatic carbocycles. The van der Waals surface area contributed by atoms with Crippen LogP contribution in [0.3, 0.4) is 0 Å². The van der Waals surface area contributed by atoms with Crippen LogP contribution in [0.25, 0.3) is 11.1 Å². The Bertz CT molecular complexity index is 643. The second-order valence-electron chi connectivity index (χ2n) is 5.53. The van der Waals surface area contributed by atoms with Gasteiger partial charge in [-0.1, -0.05) is 48.5 Å². The van der Waals surface area contributed by atoms with Crippen molar-refractivity contribution in [3.63, 3.8) is 0 Å². The average Bonchev–Trinajstić information content (AvgIpc) is 3.08. The van der Waals surface area contributed by atoms with Gasteiger partial charge in [-0.05, 0) is 11.1 Å². The van der Waals surface area contributed by atoms with Gasteiger partial charge < -0.3 is 14.2 Å². The van der Waals surface area contributed by atoms with E-state index < -0.39 is 11.4 Å². The van der Waals surface area contributed by atoms with Crippen LogP contribution in [0.4, 0.5) is 0 Å². The quantitative estimate of drug-likeness (QED) is 0.791. The van der Waals surface area contributed by atoms with E-state index >= 15 is 0 Å². The van der Waals surface area contributed by atoms with E-state index in [0.29, 0.717) is 13.0 Å². The summed E-state index contributed by atoms with van der Waals surface area (Å²) in [6, 6.07) is 16.7. The minimum atomic E-state index is -0.782. The van der Waals surface area contributed by atoms with Crippen molar-refractivity contribution in [1.82, 2.24) is 0 Å². The van der Waals surface area contributed by atoms with E-state index in [2.05, 4.69) is 36.4 Å². The van der Waals surface area contributed by atoms with Crippen molar-refractivity contribution < 1.29 is 14.2 Å². The van der Waals surface area contributed by atoms with Gasteiger partial charge in [-0.2, -0.15) is 0 Å². The van der Waals surface area contributed by atoms with Crippen molar-refractivity contribution in [2.24, 2.45) is 0 Å². The van der Waals surface area contributed by atoms with Gasteiger partial charge in [0.25, 0.3) is 0 Å². The number of fused-ring (bicyclic) bond motifs is 5. The minimum Gasteiger partial charge on any atom is -0.360 e. The zero-order valence-corrected chi connectivity index (χ0v) is 12.3. The molecule has 3 nitrogen and oxygen atoms in total. The molecule has 0 aromatic heterocycles. The fraction of sp³-hybridized carbons (Fsp3) is 0.333. The van der Waals surface area contributed by atoms with E-state index in [1.165, 1.54) is 11.1 Å². The van der Waals surface area contributed by atoms with Gasteiger partial charge in [-0.15, -0.1) is 0 Å². The Morgan fingerprint density at radius 1 is 0.857 bits per heavy atom. The first-order valence-corrected chi connectivity index (χ1v) is 7.23. The lowest BCUT2D eigenvalue weighted by molar-refractivity contribution is -0.263. The lowest BCUT2D eigenvalue weighted by Gasteiger charge is -2.41. The summed E-state index contributed by atoms with van der Waals surface area (Å²) in [5, 5.41) is 0. The Balaban J connectivity index is 2.09. The van der Waals surface area contributed by atoms with Crippen LogP contribution in [0.5, 0.6) is 0 Å². The summed E-state index contributed by atoms with van der Waals surface area (Å²) in [4.78, 5) is 0. The summed E-state index contributed by atoms with van der Waals surface area (Å²) in [6.07, 6.45) is 0.711. The van der Waals surface area contributed by atoms with Gasteiger partial charge in [-0.3, -0.25) is 0 Å². The predicted molar refractivity (Wildman–Crippen MR) is 80.0 cm³/mol. The number of hydrogen-bond acceptors (Lipinski definition) is 3. The molecule has 2 aromatic rings. The van der Waals surface area contributed by atoms with Gasteiger partial charge >= 0.3 is 0 Å². The van der Waals surface area contributed by atoms with E-state index in [1.54, 1.807) is 14.2 Å². The molecule has 0 N–H and O–H groups in total. The molecule has 0 radical (unpaired) electrons. The maximum atomic E-state index is 6.30. The zero-order valence-electron chi connectivity index (χ0n) is 12.3. The lowest BCUT2D eigenvalue weighted by atomic mass is 9.83. The van der Waals surface area contributed by atoms with Gasteiger partial charge in [-0.25, -0.2) is 0 Å². The number of hydrogen-bond donors (Lipinski definition) is 0. The topological polar surface area (TPSA) is 27.7 Å². The first kappa shape index (κ1) is 13.0. The minimum absolute atomic E-state index is 0.615. The Morgan fingerprint density at radius 3 is 1.90 bits per heavy atom. The molecule has 0 bridgehead atoms. The third-order valence-corrected chi connectivity index (χ3v) is 4.85. The van der Waals surface area contributed by atoms with Gasteiger partial charge in [0, 0.05) is 31.8 Å². The van der Waals surface area contributed by atoms with E-state index in [1.807, 2.05) is 12.1 Å². The van der Waals surface area contributed by atoms with Crippen LogP contribution in [-0.2, 0) is 19.8 Å².